The number of fused-ring (bicyclic) bond motifs is 1. The highest BCUT2D eigenvalue weighted by Gasteiger charge is 2.27. The zero-order valence-corrected chi connectivity index (χ0v) is 11.9. The first-order valence-corrected chi connectivity index (χ1v) is 8.52. The van der Waals surface area contributed by atoms with Crippen LogP contribution in [0.25, 0.3) is 10.1 Å². The van der Waals surface area contributed by atoms with Gasteiger partial charge in [-0.15, -0.1) is 11.3 Å². The summed E-state index contributed by atoms with van der Waals surface area (Å²) < 4.78 is 28.4. The van der Waals surface area contributed by atoms with Gasteiger partial charge in [0.2, 0.25) is 10.0 Å². The number of rotatable bonds is 5. The minimum atomic E-state index is -3.54. The predicted molar refractivity (Wildman–Crippen MR) is 75.7 cm³/mol. The van der Waals surface area contributed by atoms with E-state index in [0.29, 0.717) is 22.7 Å². The Bertz CT molecular complexity index is 702. The Hall–Kier alpha value is -0.950. The van der Waals surface area contributed by atoms with Crippen LogP contribution in [-0.2, 0) is 16.6 Å². The molecule has 3 rings (SSSR count). The fourth-order valence-corrected chi connectivity index (χ4v) is 5.00. The standard InChI is InChI=1S/C13H15NO3S2/c15-8-12-13(10-3-1-2-4-11(10)18-12)19(16,17)14-7-9-5-6-9/h1-4,9,14-15H,5-8H2. The van der Waals surface area contributed by atoms with E-state index in [2.05, 4.69) is 4.72 Å². The molecule has 2 N–H and O–H groups in total. The summed E-state index contributed by atoms with van der Waals surface area (Å²) in [6.45, 7) is 0.246. The average molecular weight is 297 g/mol. The summed E-state index contributed by atoms with van der Waals surface area (Å²) in [5.41, 5.74) is 0. The van der Waals surface area contributed by atoms with E-state index in [1.54, 1.807) is 6.07 Å². The fraction of sp³-hybridized carbons (Fsp3) is 0.385. The molecule has 0 radical (unpaired) electrons. The van der Waals surface area contributed by atoms with Gasteiger partial charge in [0.25, 0.3) is 0 Å². The van der Waals surface area contributed by atoms with Crippen LogP contribution in [-0.4, -0.2) is 20.1 Å². The van der Waals surface area contributed by atoms with Gasteiger partial charge in [0.15, 0.2) is 0 Å². The molecule has 0 spiro atoms. The number of nitrogens with one attached hydrogen (secondary N) is 1. The Morgan fingerprint density at radius 1 is 1.32 bits per heavy atom. The van der Waals surface area contributed by atoms with Crippen LogP contribution in [0.3, 0.4) is 0 Å². The van der Waals surface area contributed by atoms with Crippen LogP contribution < -0.4 is 4.72 Å². The van der Waals surface area contributed by atoms with Crippen LogP contribution in [0.1, 0.15) is 17.7 Å². The van der Waals surface area contributed by atoms with E-state index in [4.69, 9.17) is 0 Å². The summed E-state index contributed by atoms with van der Waals surface area (Å²) in [6.07, 6.45) is 2.19. The van der Waals surface area contributed by atoms with E-state index in [0.717, 1.165) is 17.5 Å². The Morgan fingerprint density at radius 3 is 2.74 bits per heavy atom. The van der Waals surface area contributed by atoms with Gasteiger partial charge < -0.3 is 5.11 Å². The van der Waals surface area contributed by atoms with Crippen LogP contribution >= 0.6 is 11.3 Å². The number of aliphatic hydroxyl groups excluding tert-OH is 1. The number of hydrogen-bond donors (Lipinski definition) is 2. The van der Waals surface area contributed by atoms with Crippen LogP contribution in [0.2, 0.25) is 0 Å². The molecule has 2 aromatic rings. The number of thiophene rings is 1. The molecule has 0 saturated heterocycles. The number of benzene rings is 1. The lowest BCUT2D eigenvalue weighted by Crippen LogP contribution is -2.26. The van der Waals surface area contributed by atoms with Crippen molar-refractivity contribution in [3.63, 3.8) is 0 Å². The molecule has 4 nitrogen and oxygen atoms in total. The van der Waals surface area contributed by atoms with Crippen molar-refractivity contribution in [2.45, 2.75) is 24.3 Å². The van der Waals surface area contributed by atoms with Crippen molar-refractivity contribution in [3.8, 4) is 0 Å². The van der Waals surface area contributed by atoms with E-state index in [1.807, 2.05) is 18.2 Å². The molecule has 1 saturated carbocycles. The summed E-state index contributed by atoms with van der Waals surface area (Å²) in [5, 5.41) is 10.1. The van der Waals surface area contributed by atoms with Crippen LogP contribution in [0, 0.1) is 5.92 Å². The largest absolute Gasteiger partial charge is 0.391 e. The molecule has 1 aromatic carbocycles. The van der Waals surface area contributed by atoms with E-state index in [9.17, 15) is 13.5 Å². The van der Waals surface area contributed by atoms with E-state index in [1.165, 1.54) is 11.3 Å². The molecular formula is C13H15NO3S2. The first kappa shape index (κ1) is 13.1. The maximum atomic E-state index is 12.4. The summed E-state index contributed by atoms with van der Waals surface area (Å²) >= 11 is 1.33. The molecule has 0 aliphatic heterocycles. The third kappa shape index (κ3) is 2.53. The Morgan fingerprint density at radius 2 is 2.05 bits per heavy atom. The lowest BCUT2D eigenvalue weighted by atomic mass is 10.2. The summed E-state index contributed by atoms with van der Waals surface area (Å²) in [4.78, 5) is 0.751. The third-order valence-corrected chi connectivity index (χ3v) is 6.12. The Labute approximate surface area is 116 Å². The molecule has 0 atom stereocenters. The highest BCUT2D eigenvalue weighted by Crippen LogP contribution is 2.35. The van der Waals surface area contributed by atoms with Gasteiger partial charge >= 0.3 is 0 Å². The van der Waals surface area contributed by atoms with Crippen molar-refractivity contribution in [1.82, 2.24) is 4.72 Å². The van der Waals surface area contributed by atoms with Crippen molar-refractivity contribution in [2.24, 2.45) is 5.92 Å². The van der Waals surface area contributed by atoms with Gasteiger partial charge in [0.1, 0.15) is 4.90 Å². The molecule has 1 aliphatic rings. The van der Waals surface area contributed by atoms with Crippen molar-refractivity contribution >= 4 is 31.4 Å². The monoisotopic (exact) mass is 297 g/mol. The normalized spacial score (nSPS) is 16.1. The Kier molecular flexibility index (Phi) is 3.34. The van der Waals surface area contributed by atoms with Gasteiger partial charge in [0.05, 0.1) is 11.5 Å². The number of aliphatic hydroxyl groups is 1. The summed E-state index contributed by atoms with van der Waals surface area (Å²) in [5.74, 6) is 0.484. The molecule has 1 fully saturated rings. The molecule has 19 heavy (non-hydrogen) atoms. The number of sulfonamides is 1. The van der Waals surface area contributed by atoms with E-state index in [-0.39, 0.29) is 11.5 Å². The highest BCUT2D eigenvalue weighted by atomic mass is 32.2. The minimum Gasteiger partial charge on any atom is -0.391 e. The van der Waals surface area contributed by atoms with E-state index >= 15 is 0 Å². The number of hydrogen-bond acceptors (Lipinski definition) is 4. The molecule has 0 amide bonds. The molecular weight excluding hydrogens is 282 g/mol. The Balaban J connectivity index is 2.06. The van der Waals surface area contributed by atoms with Gasteiger partial charge in [-0.2, -0.15) is 0 Å². The van der Waals surface area contributed by atoms with Crippen molar-refractivity contribution in [3.05, 3.63) is 29.1 Å². The fourth-order valence-electron chi connectivity index (χ4n) is 2.09. The van der Waals surface area contributed by atoms with Crippen molar-refractivity contribution < 1.29 is 13.5 Å². The zero-order chi connectivity index (χ0) is 13.5. The van der Waals surface area contributed by atoms with Crippen LogP contribution in [0.5, 0.6) is 0 Å². The highest BCUT2D eigenvalue weighted by molar-refractivity contribution is 7.90. The molecule has 1 heterocycles. The molecule has 0 bridgehead atoms. The van der Waals surface area contributed by atoms with Crippen molar-refractivity contribution in [1.29, 1.82) is 0 Å². The smallest absolute Gasteiger partial charge is 0.242 e. The van der Waals surface area contributed by atoms with Gasteiger partial charge in [-0.25, -0.2) is 13.1 Å². The van der Waals surface area contributed by atoms with Gasteiger partial charge in [0, 0.05) is 16.6 Å². The zero-order valence-electron chi connectivity index (χ0n) is 10.3. The maximum Gasteiger partial charge on any atom is 0.242 e. The molecule has 6 heteroatoms. The predicted octanol–water partition coefficient (Wildman–Crippen LogP) is 2.08. The lowest BCUT2D eigenvalue weighted by Gasteiger charge is -2.07. The molecule has 1 aromatic heterocycles. The maximum absolute atomic E-state index is 12.4. The topological polar surface area (TPSA) is 66.4 Å². The SMILES string of the molecule is O=S(=O)(NCC1CC1)c1c(CO)sc2ccccc12. The second-order valence-corrected chi connectivity index (χ2v) is 7.64. The average Bonchev–Trinajstić information content (AvgIpc) is 3.14. The minimum absolute atomic E-state index is 0.247. The molecule has 1 aliphatic carbocycles. The third-order valence-electron chi connectivity index (χ3n) is 3.29. The molecule has 102 valence electrons. The van der Waals surface area contributed by atoms with Gasteiger partial charge in [-0.1, -0.05) is 18.2 Å². The van der Waals surface area contributed by atoms with Gasteiger partial charge in [-0.05, 0) is 24.8 Å². The summed E-state index contributed by atoms with van der Waals surface area (Å²) in [7, 11) is -3.54. The lowest BCUT2D eigenvalue weighted by molar-refractivity contribution is 0.283. The molecule has 0 unspecified atom stereocenters. The second kappa shape index (κ2) is 4.86. The van der Waals surface area contributed by atoms with Crippen molar-refractivity contribution in [2.75, 3.05) is 6.54 Å². The first-order chi connectivity index (χ1) is 9.12. The second-order valence-electron chi connectivity index (χ2n) is 4.80. The van der Waals surface area contributed by atoms with Crippen LogP contribution in [0.4, 0.5) is 0 Å². The van der Waals surface area contributed by atoms with E-state index < -0.39 is 10.0 Å². The quantitative estimate of drug-likeness (QED) is 0.888. The van der Waals surface area contributed by atoms with Crippen LogP contribution in [0.15, 0.2) is 29.2 Å². The summed E-state index contributed by atoms with van der Waals surface area (Å²) in [6, 6.07) is 7.35. The first-order valence-electron chi connectivity index (χ1n) is 6.23. The van der Waals surface area contributed by atoms with Gasteiger partial charge in [-0.3, -0.25) is 0 Å².